The van der Waals surface area contributed by atoms with E-state index >= 15 is 0 Å². The van der Waals surface area contributed by atoms with Gasteiger partial charge in [0.2, 0.25) is 0 Å². The second kappa shape index (κ2) is 46.4. The lowest BCUT2D eigenvalue weighted by Crippen LogP contribution is -3.00. The molecule has 0 rings (SSSR count). The van der Waals surface area contributed by atoms with Crippen LogP contribution in [0.5, 0.6) is 0 Å². The smallest absolute Gasteiger partial charge is 0.275 e. The maximum absolute atomic E-state index is 12.9. The number of quaternary nitrogens is 3. The average Bonchev–Trinajstić information content (AvgIpc) is 3.18. The van der Waals surface area contributed by atoms with Crippen LogP contribution in [0.1, 0.15) is 194 Å². The van der Waals surface area contributed by atoms with E-state index < -0.39 is 0 Å². The largest absolute Gasteiger partial charge is 1.00 e. The Morgan fingerprint density at radius 2 is 0.531 bits per heavy atom. The molecule has 0 aromatic carbocycles. The second-order valence-electron chi connectivity index (χ2n) is 20.8. The molecule has 386 valence electrons. The lowest BCUT2D eigenvalue weighted by atomic mass is 10.1. The molecule has 0 aliphatic carbocycles. The number of carbonyl (C=O) groups is 3. The highest BCUT2D eigenvalue weighted by Crippen LogP contribution is 2.12. The van der Waals surface area contributed by atoms with Crippen LogP contribution >= 0.6 is 0 Å². The zero-order valence-electron chi connectivity index (χ0n) is 43.7. The summed E-state index contributed by atoms with van der Waals surface area (Å²) in [5, 5.41) is 9.56. The van der Waals surface area contributed by atoms with Gasteiger partial charge in [-0.1, -0.05) is 156 Å². The Morgan fingerprint density at radius 1 is 0.328 bits per heavy atom. The van der Waals surface area contributed by atoms with E-state index in [4.69, 9.17) is 0 Å². The minimum Gasteiger partial charge on any atom is -1.00 e. The van der Waals surface area contributed by atoms with Crippen LogP contribution in [0.25, 0.3) is 0 Å². The van der Waals surface area contributed by atoms with Crippen LogP contribution in [0.2, 0.25) is 0 Å². The summed E-state index contributed by atoms with van der Waals surface area (Å²) < 4.78 is 2.06. The summed E-state index contributed by atoms with van der Waals surface area (Å²) in [6.45, 7) is 16.5. The highest BCUT2D eigenvalue weighted by atomic mass is 79.9. The van der Waals surface area contributed by atoms with E-state index in [2.05, 4.69) is 83.9 Å². The normalized spacial score (nSPS) is 11.7. The molecule has 0 aromatic rings. The van der Waals surface area contributed by atoms with E-state index in [0.717, 1.165) is 97.4 Å². The number of nitrogens with zero attached hydrogens (tertiary/aromatic N) is 4. The third kappa shape index (κ3) is 48.2. The summed E-state index contributed by atoms with van der Waals surface area (Å²) in [6, 6.07) is 0. The van der Waals surface area contributed by atoms with Crippen molar-refractivity contribution in [2.24, 2.45) is 0 Å². The molecule has 3 N–H and O–H groups in total. The van der Waals surface area contributed by atoms with Crippen molar-refractivity contribution in [3.8, 4) is 0 Å². The Hall–Kier alpha value is -0.310. The van der Waals surface area contributed by atoms with Gasteiger partial charge >= 0.3 is 0 Å². The van der Waals surface area contributed by atoms with Crippen LogP contribution in [0.3, 0.4) is 0 Å². The van der Waals surface area contributed by atoms with Crippen molar-refractivity contribution >= 4 is 17.7 Å². The Kier molecular flexibility index (Phi) is 51.0. The molecule has 0 aromatic heterocycles. The first-order chi connectivity index (χ1) is 29.1. The average molecular weight is 1110 g/mol. The van der Waals surface area contributed by atoms with Gasteiger partial charge in [0.25, 0.3) is 17.7 Å². The number of likely N-dealkylation sites (N-methyl/N-ethyl adjacent to an activating group) is 3. The summed E-state index contributed by atoms with van der Waals surface area (Å²) in [5.41, 5.74) is 0. The van der Waals surface area contributed by atoms with Gasteiger partial charge in [-0.05, 0) is 19.3 Å². The van der Waals surface area contributed by atoms with Crippen molar-refractivity contribution in [3.63, 3.8) is 0 Å². The van der Waals surface area contributed by atoms with E-state index in [1.165, 1.54) is 135 Å². The number of hydrogen-bond donors (Lipinski definition) is 3. The van der Waals surface area contributed by atoms with E-state index in [9.17, 15) is 14.4 Å². The van der Waals surface area contributed by atoms with Crippen molar-refractivity contribution < 1.29 is 78.8 Å². The molecule has 0 aliphatic heterocycles. The third-order valence-corrected chi connectivity index (χ3v) is 12.5. The quantitative estimate of drug-likeness (QED) is 0.0613. The summed E-state index contributed by atoms with van der Waals surface area (Å²) in [7, 11) is 13.1. The van der Waals surface area contributed by atoms with Crippen LogP contribution in [0.4, 0.5) is 0 Å². The van der Waals surface area contributed by atoms with E-state index in [1.807, 2.05) is 0 Å². The number of nitrogens with one attached hydrogen (secondary N) is 3. The molecule has 3 amide bonds. The molecule has 0 atom stereocenters. The van der Waals surface area contributed by atoms with E-state index in [-0.39, 0.29) is 68.7 Å². The molecule has 10 nitrogen and oxygen atoms in total. The minimum absolute atomic E-state index is 0. The fraction of sp³-hybridized carbons (Fsp3) is 0.941. The first-order valence-corrected chi connectivity index (χ1v) is 26.1. The Bertz CT molecular complexity index is 940. The molecule has 0 aliphatic rings. The van der Waals surface area contributed by atoms with Crippen LogP contribution < -0.4 is 66.9 Å². The van der Waals surface area contributed by atoms with Gasteiger partial charge in [-0.3, -0.25) is 14.4 Å². The number of carbonyl (C=O) groups excluding carboxylic acids is 3. The second-order valence-corrected chi connectivity index (χ2v) is 20.8. The summed E-state index contributed by atoms with van der Waals surface area (Å²) in [5.74, 6) is 0.482. The third-order valence-electron chi connectivity index (χ3n) is 12.5. The van der Waals surface area contributed by atoms with Gasteiger partial charge in [0.05, 0.1) is 61.9 Å². The Morgan fingerprint density at radius 3 is 0.750 bits per heavy atom. The number of amides is 3. The Balaban J connectivity index is -0.00000600. The van der Waals surface area contributed by atoms with Gasteiger partial charge in [0, 0.05) is 58.5 Å². The zero-order valence-corrected chi connectivity index (χ0v) is 48.5. The van der Waals surface area contributed by atoms with Gasteiger partial charge in [0.1, 0.15) is 0 Å². The number of halogens is 3. The monoisotopic (exact) mass is 1100 g/mol. The molecule has 0 radical (unpaired) electrons. The number of rotatable bonds is 45. The molecule has 0 unspecified atom stereocenters. The number of hydrogen-bond acceptors (Lipinski definition) is 4. The summed E-state index contributed by atoms with van der Waals surface area (Å²) >= 11 is 0. The fourth-order valence-corrected chi connectivity index (χ4v) is 8.53. The van der Waals surface area contributed by atoms with Gasteiger partial charge in [-0.2, -0.15) is 0 Å². The van der Waals surface area contributed by atoms with E-state index in [1.54, 1.807) is 0 Å². The standard InChI is InChI=1S/C51H105N7O3.3BrH/c1-10-13-16-19-22-25-28-31-37-52-49(59)46-56(4,5)43-34-40-55(41-35-44-57(6,7)47-50(60)53-38-32-29-26-23-20-17-14-11-2)42-36-45-58(8,9)48-51(61)54-39-33-30-27-24-21-18-15-12-3;;;/h10-48H2,1-9H3;3*1H. The molecule has 64 heavy (non-hydrogen) atoms. The zero-order chi connectivity index (χ0) is 45.5. The fourth-order valence-electron chi connectivity index (χ4n) is 8.53. The minimum atomic E-state index is 0. The molecule has 0 spiro atoms. The van der Waals surface area contributed by atoms with Gasteiger partial charge in [0.15, 0.2) is 19.6 Å². The molecule has 0 saturated carbocycles. The summed E-state index contributed by atoms with van der Waals surface area (Å²) in [6.07, 6.45) is 33.6. The first kappa shape index (κ1) is 70.3. The van der Waals surface area contributed by atoms with Gasteiger partial charge < -0.3 is 85.2 Å². The highest BCUT2D eigenvalue weighted by molar-refractivity contribution is 5.77. The van der Waals surface area contributed by atoms with Crippen LogP contribution in [0.15, 0.2) is 0 Å². The molecule has 13 heteroatoms. The van der Waals surface area contributed by atoms with E-state index in [0.29, 0.717) is 33.1 Å². The molecular formula is C51H108Br3N7O3. The van der Waals surface area contributed by atoms with Crippen LogP contribution in [-0.2, 0) is 14.4 Å². The first-order valence-electron chi connectivity index (χ1n) is 26.1. The van der Waals surface area contributed by atoms with Crippen molar-refractivity contribution in [2.45, 2.75) is 194 Å². The molecular weight excluding hydrogens is 998 g/mol. The Labute approximate surface area is 429 Å². The highest BCUT2D eigenvalue weighted by Gasteiger charge is 2.24. The SMILES string of the molecule is CCCCCCCCCCNC(=O)C[N+](C)(C)CCCN(CCC[N+](C)(C)CC(=O)NCCCCCCCCCC)CCC[N+](C)(C)CC(=O)NCCCCCCCCCC.[Br-].[Br-].[Br-]. The molecule has 0 bridgehead atoms. The molecule has 0 heterocycles. The topological polar surface area (TPSA) is 90.5 Å². The van der Waals surface area contributed by atoms with Gasteiger partial charge in [-0.15, -0.1) is 0 Å². The molecule has 0 fully saturated rings. The van der Waals surface area contributed by atoms with Crippen molar-refractivity contribution in [2.75, 3.05) is 121 Å². The summed E-state index contributed by atoms with van der Waals surface area (Å²) in [4.78, 5) is 41.2. The van der Waals surface area contributed by atoms with Crippen molar-refractivity contribution in [1.29, 1.82) is 0 Å². The predicted octanol–water partition coefficient (Wildman–Crippen LogP) is 0.471. The van der Waals surface area contributed by atoms with Gasteiger partial charge in [-0.25, -0.2) is 0 Å². The lowest BCUT2D eigenvalue weighted by molar-refractivity contribution is -0.883. The predicted molar refractivity (Wildman–Crippen MR) is 263 cm³/mol. The maximum Gasteiger partial charge on any atom is 0.275 e. The van der Waals surface area contributed by atoms with Crippen LogP contribution in [0, 0.1) is 0 Å². The maximum atomic E-state index is 12.9. The van der Waals surface area contributed by atoms with Crippen molar-refractivity contribution in [3.05, 3.63) is 0 Å². The molecule has 0 saturated heterocycles. The van der Waals surface area contributed by atoms with Crippen molar-refractivity contribution in [1.82, 2.24) is 20.9 Å². The lowest BCUT2D eigenvalue weighted by Gasteiger charge is -2.33. The number of unbranched alkanes of at least 4 members (excludes halogenated alkanes) is 21. The van der Waals surface area contributed by atoms with Crippen LogP contribution in [-0.4, -0.2) is 157 Å².